The average Bonchev–Trinajstić information content (AvgIpc) is 2.81. The van der Waals surface area contributed by atoms with Crippen molar-refractivity contribution in [2.24, 2.45) is 0 Å². The zero-order valence-corrected chi connectivity index (χ0v) is 15.2. The van der Waals surface area contributed by atoms with Gasteiger partial charge in [-0.1, -0.05) is 37.3 Å². The number of hydrogen-bond donors (Lipinski definition) is 1. The fourth-order valence-electron chi connectivity index (χ4n) is 2.65. The molecule has 1 N–H and O–H groups in total. The highest BCUT2D eigenvalue weighted by Gasteiger charge is 2.22. The van der Waals surface area contributed by atoms with Crippen LogP contribution in [0.2, 0.25) is 5.02 Å². The van der Waals surface area contributed by atoms with Gasteiger partial charge in [-0.2, -0.15) is 0 Å². The number of methoxy groups -OCH3 is 1. The molecule has 134 valence electrons. The number of benzene rings is 1. The van der Waals surface area contributed by atoms with Crippen molar-refractivity contribution < 1.29 is 22.7 Å². The topological polar surface area (TPSA) is 81.7 Å². The summed E-state index contributed by atoms with van der Waals surface area (Å²) < 4.78 is 37.4. The Labute approximate surface area is 147 Å². The summed E-state index contributed by atoms with van der Waals surface area (Å²) in [7, 11) is -2.38. The van der Waals surface area contributed by atoms with Crippen molar-refractivity contribution in [1.82, 2.24) is 4.72 Å². The third kappa shape index (κ3) is 5.36. The van der Waals surface area contributed by atoms with E-state index in [1.54, 1.807) is 0 Å². The predicted octanol–water partition coefficient (Wildman–Crippen LogP) is 2.89. The molecule has 0 bridgehead atoms. The summed E-state index contributed by atoms with van der Waals surface area (Å²) in [5.74, 6) is -0.312. The molecule has 2 rings (SSSR count). The van der Waals surface area contributed by atoms with Gasteiger partial charge in [0.05, 0.1) is 17.0 Å². The van der Waals surface area contributed by atoms with Gasteiger partial charge in [0.2, 0.25) is 10.0 Å². The zero-order valence-electron chi connectivity index (χ0n) is 13.6. The third-order valence-electron chi connectivity index (χ3n) is 3.96. The van der Waals surface area contributed by atoms with Crippen LogP contribution in [0.25, 0.3) is 0 Å². The molecule has 0 radical (unpaired) electrons. The normalized spacial score (nSPS) is 16.4. The number of carbonyl (C=O) groups excluding carboxylic acids is 1. The molecule has 1 aromatic carbocycles. The maximum atomic E-state index is 12.5. The Hall–Kier alpha value is -1.31. The highest BCUT2D eigenvalue weighted by molar-refractivity contribution is 7.89. The van der Waals surface area contributed by atoms with Crippen LogP contribution in [-0.4, -0.2) is 34.1 Å². The Morgan fingerprint density at radius 1 is 1.25 bits per heavy atom. The first-order valence-electron chi connectivity index (χ1n) is 7.94. The zero-order chi connectivity index (χ0) is 17.6. The number of ether oxygens (including phenoxy) is 2. The molecule has 0 amide bonds. The van der Waals surface area contributed by atoms with E-state index in [2.05, 4.69) is 9.46 Å². The van der Waals surface area contributed by atoms with Gasteiger partial charge in [0, 0.05) is 6.04 Å². The molecule has 6 nitrogen and oxygen atoms in total. The summed E-state index contributed by atoms with van der Waals surface area (Å²) >= 11 is 6.06. The molecule has 24 heavy (non-hydrogen) atoms. The third-order valence-corrected chi connectivity index (χ3v) is 5.78. The van der Waals surface area contributed by atoms with Crippen LogP contribution < -0.4 is 9.46 Å². The number of sulfonamides is 1. The van der Waals surface area contributed by atoms with E-state index in [1.807, 2.05) is 0 Å². The molecule has 1 aromatic rings. The van der Waals surface area contributed by atoms with Crippen molar-refractivity contribution in [2.75, 3.05) is 13.7 Å². The van der Waals surface area contributed by atoms with Crippen molar-refractivity contribution >= 4 is 27.6 Å². The van der Waals surface area contributed by atoms with Crippen molar-refractivity contribution in [1.29, 1.82) is 0 Å². The van der Waals surface area contributed by atoms with Crippen molar-refractivity contribution in [3.8, 4) is 5.75 Å². The second-order valence-corrected chi connectivity index (χ2v) is 7.89. The summed E-state index contributed by atoms with van der Waals surface area (Å²) in [6.45, 7) is -0.289. The Morgan fingerprint density at radius 2 is 1.92 bits per heavy atom. The minimum atomic E-state index is -3.63. The molecule has 0 aromatic heterocycles. The Balaban J connectivity index is 2.07. The first-order valence-corrected chi connectivity index (χ1v) is 9.80. The van der Waals surface area contributed by atoms with Crippen LogP contribution >= 0.6 is 11.6 Å². The van der Waals surface area contributed by atoms with Crippen LogP contribution in [0.5, 0.6) is 5.75 Å². The van der Waals surface area contributed by atoms with Crippen LogP contribution in [0.15, 0.2) is 23.1 Å². The molecule has 0 spiro atoms. The Morgan fingerprint density at radius 3 is 2.50 bits per heavy atom. The lowest BCUT2D eigenvalue weighted by molar-refractivity contribution is -0.142. The Kier molecular flexibility index (Phi) is 6.89. The second kappa shape index (κ2) is 8.69. The van der Waals surface area contributed by atoms with Crippen molar-refractivity contribution in [2.45, 2.75) is 49.5 Å². The van der Waals surface area contributed by atoms with Gasteiger partial charge in [-0.3, -0.25) is 0 Å². The summed E-state index contributed by atoms with van der Waals surface area (Å²) in [6, 6.07) is 4.14. The summed E-state index contributed by atoms with van der Waals surface area (Å²) in [4.78, 5) is 11.2. The van der Waals surface area contributed by atoms with E-state index < -0.39 is 16.0 Å². The first-order chi connectivity index (χ1) is 11.4. The fraction of sp³-hybridized carbons (Fsp3) is 0.562. The molecule has 8 heteroatoms. The van der Waals surface area contributed by atoms with Gasteiger partial charge in [-0.05, 0) is 31.0 Å². The number of hydrogen-bond acceptors (Lipinski definition) is 5. The molecular weight excluding hydrogens is 354 g/mol. The van der Waals surface area contributed by atoms with Gasteiger partial charge in [0.1, 0.15) is 5.75 Å². The van der Waals surface area contributed by atoms with Gasteiger partial charge >= 0.3 is 5.97 Å². The van der Waals surface area contributed by atoms with E-state index in [0.717, 1.165) is 38.5 Å². The number of carbonyl (C=O) groups is 1. The monoisotopic (exact) mass is 375 g/mol. The smallest absolute Gasteiger partial charge is 0.343 e. The van der Waals surface area contributed by atoms with Gasteiger partial charge in [0.25, 0.3) is 0 Å². The van der Waals surface area contributed by atoms with Gasteiger partial charge in [-0.15, -0.1) is 0 Å². The predicted molar refractivity (Wildman–Crippen MR) is 90.8 cm³/mol. The molecule has 1 aliphatic rings. The minimum Gasteiger partial charge on any atom is -0.480 e. The molecule has 1 saturated carbocycles. The maximum Gasteiger partial charge on any atom is 0.343 e. The van der Waals surface area contributed by atoms with Gasteiger partial charge in [-0.25, -0.2) is 17.9 Å². The van der Waals surface area contributed by atoms with Crippen LogP contribution in [0, 0.1) is 0 Å². The largest absolute Gasteiger partial charge is 0.480 e. The highest BCUT2D eigenvalue weighted by Crippen LogP contribution is 2.28. The fourth-order valence-corrected chi connectivity index (χ4v) is 4.28. The number of rotatable bonds is 6. The van der Waals surface area contributed by atoms with E-state index in [-0.39, 0.29) is 28.3 Å². The van der Waals surface area contributed by atoms with E-state index in [4.69, 9.17) is 16.3 Å². The van der Waals surface area contributed by atoms with E-state index in [1.165, 1.54) is 25.3 Å². The SMILES string of the molecule is COC(=O)COc1ccc(S(=O)(=O)NC2CCCCCC2)cc1Cl. The number of halogens is 1. The lowest BCUT2D eigenvalue weighted by Gasteiger charge is -2.17. The number of esters is 1. The maximum absolute atomic E-state index is 12.5. The van der Waals surface area contributed by atoms with E-state index in [9.17, 15) is 13.2 Å². The summed E-state index contributed by atoms with van der Waals surface area (Å²) in [6.07, 6.45) is 6.08. The molecule has 0 unspecified atom stereocenters. The summed E-state index contributed by atoms with van der Waals surface area (Å²) in [5, 5.41) is 0.127. The van der Waals surface area contributed by atoms with Crippen LogP contribution in [0.3, 0.4) is 0 Å². The van der Waals surface area contributed by atoms with Crippen LogP contribution in [0.1, 0.15) is 38.5 Å². The second-order valence-electron chi connectivity index (χ2n) is 5.77. The quantitative estimate of drug-likeness (QED) is 0.610. The average molecular weight is 376 g/mol. The van der Waals surface area contributed by atoms with Crippen molar-refractivity contribution in [3.63, 3.8) is 0 Å². The molecule has 0 saturated heterocycles. The highest BCUT2D eigenvalue weighted by atomic mass is 35.5. The lowest BCUT2D eigenvalue weighted by Crippen LogP contribution is -2.34. The van der Waals surface area contributed by atoms with Crippen molar-refractivity contribution in [3.05, 3.63) is 23.2 Å². The molecule has 0 atom stereocenters. The molecule has 0 heterocycles. The molecule has 1 aliphatic carbocycles. The van der Waals surface area contributed by atoms with Gasteiger partial charge < -0.3 is 9.47 Å². The van der Waals surface area contributed by atoms with E-state index in [0.29, 0.717) is 0 Å². The van der Waals surface area contributed by atoms with Gasteiger partial charge in [0.15, 0.2) is 6.61 Å². The minimum absolute atomic E-state index is 0.0356. The van der Waals surface area contributed by atoms with E-state index >= 15 is 0 Å². The first kappa shape index (κ1) is 19.0. The standard InChI is InChI=1S/C16H22ClNO5S/c1-22-16(19)11-23-15-9-8-13(10-14(15)17)24(20,21)18-12-6-4-2-3-5-7-12/h8-10,12,18H,2-7,11H2,1H3. The van der Waals surface area contributed by atoms with Crippen LogP contribution in [-0.2, 0) is 19.6 Å². The Bertz CT molecular complexity index is 669. The lowest BCUT2D eigenvalue weighted by atomic mass is 10.1. The van der Waals surface area contributed by atoms with Crippen LogP contribution in [0.4, 0.5) is 0 Å². The summed E-state index contributed by atoms with van der Waals surface area (Å²) in [5.41, 5.74) is 0. The molecule has 0 aliphatic heterocycles. The molecular formula is C16H22ClNO5S. The molecule has 1 fully saturated rings. The number of nitrogens with one attached hydrogen (secondary N) is 1.